The van der Waals surface area contributed by atoms with Crippen molar-refractivity contribution in [3.63, 3.8) is 0 Å². The molecule has 0 spiro atoms. The molecule has 6 heteroatoms. The van der Waals surface area contributed by atoms with Crippen LogP contribution in [0.1, 0.15) is 21.5 Å². The maximum Gasteiger partial charge on any atom is 0.251 e. The molecule has 2 aromatic rings. The van der Waals surface area contributed by atoms with Crippen molar-refractivity contribution in [2.45, 2.75) is 13.5 Å². The molecule has 0 fully saturated rings. The largest absolute Gasteiger partial charge is 0.496 e. The maximum absolute atomic E-state index is 12.3. The number of halogens is 1. The molecule has 0 saturated carbocycles. The molecule has 1 N–H and O–H groups in total. The molecule has 0 aliphatic carbocycles. The molecule has 2 amide bonds. The van der Waals surface area contributed by atoms with E-state index in [2.05, 4.69) is 5.32 Å². The minimum absolute atomic E-state index is 0.0772. The molecule has 2 aromatic carbocycles. The van der Waals surface area contributed by atoms with E-state index in [1.54, 1.807) is 44.5 Å². The van der Waals surface area contributed by atoms with Crippen LogP contribution >= 0.6 is 11.6 Å². The second-order valence-electron chi connectivity index (χ2n) is 5.76. The van der Waals surface area contributed by atoms with Crippen LogP contribution in [0.5, 0.6) is 5.75 Å². The number of methoxy groups -OCH3 is 1. The van der Waals surface area contributed by atoms with Crippen LogP contribution < -0.4 is 10.1 Å². The molecule has 0 unspecified atom stereocenters. The highest BCUT2D eigenvalue weighted by Gasteiger charge is 2.14. The number of hydrogen-bond acceptors (Lipinski definition) is 3. The van der Waals surface area contributed by atoms with Crippen LogP contribution in [0.15, 0.2) is 42.5 Å². The summed E-state index contributed by atoms with van der Waals surface area (Å²) in [6.45, 7) is 2.17. The van der Waals surface area contributed by atoms with Gasteiger partial charge in [0.1, 0.15) is 5.75 Å². The summed E-state index contributed by atoms with van der Waals surface area (Å²) in [5, 5.41) is 3.22. The average Bonchev–Trinajstić information content (AvgIpc) is 2.59. The van der Waals surface area contributed by atoms with E-state index in [4.69, 9.17) is 16.3 Å². The molecule has 2 rings (SSSR count). The molecule has 0 saturated heterocycles. The topological polar surface area (TPSA) is 58.6 Å². The number of amides is 2. The first-order valence-corrected chi connectivity index (χ1v) is 8.19. The van der Waals surface area contributed by atoms with Gasteiger partial charge in [-0.1, -0.05) is 29.3 Å². The van der Waals surface area contributed by atoms with Crippen LogP contribution in [-0.2, 0) is 11.3 Å². The van der Waals surface area contributed by atoms with E-state index in [0.29, 0.717) is 22.9 Å². The lowest BCUT2D eigenvalue weighted by Crippen LogP contribution is -2.37. The fourth-order valence-electron chi connectivity index (χ4n) is 2.39. The first kappa shape index (κ1) is 18.8. The minimum Gasteiger partial charge on any atom is -0.496 e. The molecule has 5 nitrogen and oxygen atoms in total. The Kier molecular flexibility index (Phi) is 6.42. The second kappa shape index (κ2) is 8.53. The molecule has 0 aliphatic rings. The summed E-state index contributed by atoms with van der Waals surface area (Å²) in [6.07, 6.45) is 0. The molecule has 0 radical (unpaired) electrons. The van der Waals surface area contributed by atoms with Gasteiger partial charge in [0.2, 0.25) is 5.91 Å². The smallest absolute Gasteiger partial charge is 0.251 e. The van der Waals surface area contributed by atoms with Gasteiger partial charge in [0.05, 0.1) is 13.7 Å². The Morgan fingerprint density at radius 1 is 1.20 bits per heavy atom. The van der Waals surface area contributed by atoms with Crippen molar-refractivity contribution in [1.29, 1.82) is 0 Å². The first-order valence-electron chi connectivity index (χ1n) is 7.82. The van der Waals surface area contributed by atoms with Gasteiger partial charge in [-0.05, 0) is 37.3 Å². The van der Waals surface area contributed by atoms with Crippen molar-refractivity contribution in [2.75, 3.05) is 20.7 Å². The molecular formula is C19H21ClN2O3. The van der Waals surface area contributed by atoms with Crippen molar-refractivity contribution < 1.29 is 14.3 Å². The highest BCUT2D eigenvalue weighted by Crippen LogP contribution is 2.23. The van der Waals surface area contributed by atoms with Crippen LogP contribution in [0, 0.1) is 6.92 Å². The zero-order chi connectivity index (χ0) is 18.4. The van der Waals surface area contributed by atoms with Crippen LogP contribution in [0.4, 0.5) is 0 Å². The number of ether oxygens (including phenoxy) is 1. The summed E-state index contributed by atoms with van der Waals surface area (Å²) >= 11 is 6.00. The van der Waals surface area contributed by atoms with E-state index in [1.807, 2.05) is 19.1 Å². The van der Waals surface area contributed by atoms with Gasteiger partial charge in [-0.2, -0.15) is 0 Å². The van der Waals surface area contributed by atoms with E-state index in [-0.39, 0.29) is 18.4 Å². The third-order valence-corrected chi connectivity index (χ3v) is 3.99. The number of likely N-dealkylation sites (N-methyl/N-ethyl adjacent to an activating group) is 1. The maximum atomic E-state index is 12.3. The summed E-state index contributed by atoms with van der Waals surface area (Å²) in [5.74, 6) is 0.182. The summed E-state index contributed by atoms with van der Waals surface area (Å²) in [7, 11) is 3.23. The van der Waals surface area contributed by atoms with Gasteiger partial charge >= 0.3 is 0 Å². The SMILES string of the molecule is COc1ccc(Cl)cc1CN(C)C(=O)CNC(=O)c1cccc(C)c1. The van der Waals surface area contributed by atoms with Crippen LogP contribution in [0.3, 0.4) is 0 Å². The number of hydrogen-bond donors (Lipinski definition) is 1. The molecular weight excluding hydrogens is 340 g/mol. The van der Waals surface area contributed by atoms with E-state index in [0.717, 1.165) is 11.1 Å². The number of carbonyl (C=O) groups excluding carboxylic acids is 2. The van der Waals surface area contributed by atoms with Gasteiger partial charge in [0.15, 0.2) is 0 Å². The highest BCUT2D eigenvalue weighted by atomic mass is 35.5. The molecule has 0 aromatic heterocycles. The lowest BCUT2D eigenvalue weighted by molar-refractivity contribution is -0.129. The zero-order valence-corrected chi connectivity index (χ0v) is 15.3. The van der Waals surface area contributed by atoms with Gasteiger partial charge in [-0.3, -0.25) is 9.59 Å². The molecule has 0 atom stereocenters. The summed E-state index contributed by atoms with van der Waals surface area (Å²) in [4.78, 5) is 25.9. The van der Waals surface area contributed by atoms with Gasteiger partial charge in [-0.15, -0.1) is 0 Å². The van der Waals surface area contributed by atoms with Gasteiger partial charge in [-0.25, -0.2) is 0 Å². The fourth-order valence-corrected chi connectivity index (χ4v) is 2.59. The number of benzene rings is 2. The molecule has 132 valence electrons. The summed E-state index contributed by atoms with van der Waals surface area (Å²) in [5.41, 5.74) is 2.33. The zero-order valence-electron chi connectivity index (χ0n) is 14.5. The van der Waals surface area contributed by atoms with Crippen molar-refractivity contribution in [2.24, 2.45) is 0 Å². The molecule has 0 bridgehead atoms. The van der Waals surface area contributed by atoms with Crippen molar-refractivity contribution in [3.8, 4) is 5.75 Å². The third-order valence-electron chi connectivity index (χ3n) is 3.76. The normalized spacial score (nSPS) is 10.2. The van der Waals surface area contributed by atoms with E-state index < -0.39 is 0 Å². The van der Waals surface area contributed by atoms with Crippen molar-refractivity contribution in [1.82, 2.24) is 10.2 Å². The third kappa shape index (κ3) is 5.22. The standard InChI is InChI=1S/C19H21ClN2O3/c1-13-5-4-6-14(9-13)19(24)21-11-18(23)22(2)12-15-10-16(20)7-8-17(15)25-3/h4-10H,11-12H2,1-3H3,(H,21,24). The lowest BCUT2D eigenvalue weighted by Gasteiger charge is -2.19. The number of nitrogens with zero attached hydrogens (tertiary/aromatic N) is 1. The predicted octanol–water partition coefficient (Wildman–Crippen LogP) is 3.05. The Hall–Kier alpha value is -2.53. The Balaban J connectivity index is 1.94. The molecule has 25 heavy (non-hydrogen) atoms. The Morgan fingerprint density at radius 2 is 1.96 bits per heavy atom. The molecule has 0 aliphatic heterocycles. The predicted molar refractivity (Wildman–Crippen MR) is 98.0 cm³/mol. The monoisotopic (exact) mass is 360 g/mol. The number of rotatable bonds is 6. The van der Waals surface area contributed by atoms with E-state index in [9.17, 15) is 9.59 Å². The average molecular weight is 361 g/mol. The first-order chi connectivity index (χ1) is 11.9. The minimum atomic E-state index is -0.272. The van der Waals surface area contributed by atoms with Crippen LogP contribution in [-0.4, -0.2) is 37.4 Å². The quantitative estimate of drug-likeness (QED) is 0.861. The van der Waals surface area contributed by atoms with Gasteiger partial charge in [0, 0.05) is 29.7 Å². The number of nitrogens with one attached hydrogen (secondary N) is 1. The number of carbonyl (C=O) groups is 2. The van der Waals surface area contributed by atoms with E-state index in [1.165, 1.54) is 4.90 Å². The van der Waals surface area contributed by atoms with Gasteiger partial charge in [0.25, 0.3) is 5.91 Å². The Bertz CT molecular complexity index is 777. The summed E-state index contributed by atoms with van der Waals surface area (Å²) in [6, 6.07) is 12.5. The number of aryl methyl sites for hydroxylation is 1. The van der Waals surface area contributed by atoms with Crippen LogP contribution in [0.2, 0.25) is 5.02 Å². The Morgan fingerprint density at radius 3 is 2.64 bits per heavy atom. The Labute approximate surface area is 152 Å². The second-order valence-corrected chi connectivity index (χ2v) is 6.19. The van der Waals surface area contributed by atoms with E-state index >= 15 is 0 Å². The summed E-state index contributed by atoms with van der Waals surface area (Å²) < 4.78 is 5.28. The van der Waals surface area contributed by atoms with Gasteiger partial charge < -0.3 is 15.0 Å². The molecule has 0 heterocycles. The fraction of sp³-hybridized carbons (Fsp3) is 0.263. The lowest BCUT2D eigenvalue weighted by atomic mass is 10.1. The van der Waals surface area contributed by atoms with Crippen molar-refractivity contribution in [3.05, 3.63) is 64.2 Å². The van der Waals surface area contributed by atoms with Crippen LogP contribution in [0.25, 0.3) is 0 Å². The van der Waals surface area contributed by atoms with Crippen molar-refractivity contribution >= 4 is 23.4 Å². The highest BCUT2D eigenvalue weighted by molar-refractivity contribution is 6.30.